The van der Waals surface area contributed by atoms with Crippen molar-refractivity contribution in [3.05, 3.63) is 53.6 Å². The number of nitrogens with zero attached hydrogens (tertiary/aromatic N) is 2. The van der Waals surface area contributed by atoms with E-state index in [1.54, 1.807) is 30.2 Å². The van der Waals surface area contributed by atoms with Crippen molar-refractivity contribution in [1.82, 2.24) is 15.1 Å². The molecule has 3 amide bonds. The molecule has 0 radical (unpaired) electrons. The Kier molecular flexibility index (Phi) is 14.2. The quantitative estimate of drug-likeness (QED) is 0.301. The highest BCUT2D eigenvalue weighted by Crippen LogP contribution is 2.29. The normalized spacial score (nSPS) is 22.5. The second-order valence-electron chi connectivity index (χ2n) is 13.5. The Labute approximate surface area is 281 Å². The van der Waals surface area contributed by atoms with Crippen LogP contribution in [-0.4, -0.2) is 91.6 Å². The number of hydrogen-bond acceptors (Lipinski definition) is 7. The van der Waals surface area contributed by atoms with E-state index < -0.39 is 6.04 Å². The van der Waals surface area contributed by atoms with Gasteiger partial charge in [-0.15, -0.1) is 0 Å². The Morgan fingerprint density at radius 3 is 2.49 bits per heavy atom. The van der Waals surface area contributed by atoms with Gasteiger partial charge in [0.15, 0.2) is 0 Å². The molecule has 2 aromatic carbocycles. The van der Waals surface area contributed by atoms with E-state index in [4.69, 9.17) is 14.2 Å². The van der Waals surface area contributed by atoms with Crippen LogP contribution in [0.4, 0.5) is 10.5 Å². The molecule has 4 rings (SSSR count). The maximum Gasteiger partial charge on any atom is 0.319 e. The van der Waals surface area contributed by atoms with Gasteiger partial charge in [0.2, 0.25) is 0 Å². The van der Waals surface area contributed by atoms with Crippen LogP contribution >= 0.6 is 0 Å². The monoisotopic (exact) mass is 652 g/mol. The van der Waals surface area contributed by atoms with Crippen LogP contribution in [0, 0.1) is 5.92 Å². The Bertz CT molecular complexity index is 1270. The van der Waals surface area contributed by atoms with E-state index in [-0.39, 0.29) is 42.7 Å². The number of fused-ring (bicyclic) bond motifs is 1. The summed E-state index contributed by atoms with van der Waals surface area (Å²) in [5.74, 6) is 1.03. The van der Waals surface area contributed by atoms with E-state index in [0.29, 0.717) is 36.7 Å². The molecule has 2 aromatic rings. The van der Waals surface area contributed by atoms with Gasteiger partial charge < -0.3 is 34.9 Å². The first-order chi connectivity index (χ1) is 22.7. The van der Waals surface area contributed by atoms with Crippen molar-refractivity contribution in [2.24, 2.45) is 5.92 Å². The minimum Gasteiger partial charge on any atom is -0.497 e. The first-order valence-electron chi connectivity index (χ1n) is 17.4. The van der Waals surface area contributed by atoms with E-state index >= 15 is 0 Å². The molecule has 47 heavy (non-hydrogen) atoms. The van der Waals surface area contributed by atoms with Crippen molar-refractivity contribution in [2.45, 2.75) is 103 Å². The molecular weight excluding hydrogens is 596 g/mol. The minimum absolute atomic E-state index is 0.0277. The fourth-order valence-corrected chi connectivity index (χ4v) is 6.48. The summed E-state index contributed by atoms with van der Waals surface area (Å²) in [6.45, 7) is 8.22. The fraction of sp³-hybridized carbons (Fsp3) is 0.622. The predicted molar refractivity (Wildman–Crippen MR) is 185 cm³/mol. The van der Waals surface area contributed by atoms with Gasteiger partial charge in [-0.3, -0.25) is 9.69 Å². The van der Waals surface area contributed by atoms with Gasteiger partial charge >= 0.3 is 6.03 Å². The number of nitrogens with one attached hydrogen (secondary N) is 2. The van der Waals surface area contributed by atoms with Gasteiger partial charge in [0.05, 0.1) is 37.5 Å². The number of methoxy groups -OCH3 is 1. The molecule has 0 bridgehead atoms. The molecule has 260 valence electrons. The lowest BCUT2D eigenvalue weighted by Crippen LogP contribution is -2.47. The highest BCUT2D eigenvalue weighted by Gasteiger charge is 2.30. The standard InChI is InChI=1S/C37H56N4O6/c1-26-22-41(27(2)25-42)36(43)33-21-31(39-37(44)38-30-12-7-6-8-13-30)16-19-34(33)47-28(3)11-9-10-20-46-35(26)24-40(4)23-29-14-17-32(45-5)18-15-29/h14-19,21,26-28,30,35,42H,6-13,20,22-25H2,1-5H3,(H2,38,39,44)/t26-,27+,28+,35+/m1/s1. The van der Waals surface area contributed by atoms with Crippen LogP contribution in [0.25, 0.3) is 0 Å². The molecule has 2 aliphatic rings. The second-order valence-corrected chi connectivity index (χ2v) is 13.5. The first kappa shape index (κ1) is 36.5. The van der Waals surface area contributed by atoms with Crippen molar-refractivity contribution in [2.75, 3.05) is 45.8 Å². The summed E-state index contributed by atoms with van der Waals surface area (Å²) < 4.78 is 18.2. The molecule has 1 saturated carbocycles. The molecule has 0 spiro atoms. The number of ether oxygens (including phenoxy) is 3. The van der Waals surface area contributed by atoms with Gasteiger partial charge in [-0.05, 0) is 88.9 Å². The van der Waals surface area contributed by atoms with E-state index in [9.17, 15) is 14.7 Å². The number of urea groups is 1. The molecule has 1 aliphatic carbocycles. The van der Waals surface area contributed by atoms with Crippen molar-refractivity contribution < 1.29 is 28.9 Å². The molecule has 3 N–H and O–H groups in total. The van der Waals surface area contributed by atoms with Crippen LogP contribution in [0.2, 0.25) is 0 Å². The summed E-state index contributed by atoms with van der Waals surface area (Å²) in [7, 11) is 3.75. The molecular formula is C37H56N4O6. The van der Waals surface area contributed by atoms with Gasteiger partial charge in [-0.1, -0.05) is 38.3 Å². The largest absolute Gasteiger partial charge is 0.497 e. The molecule has 1 fully saturated rings. The predicted octanol–water partition coefficient (Wildman–Crippen LogP) is 6.08. The zero-order valence-corrected chi connectivity index (χ0v) is 29.0. The average Bonchev–Trinajstić information content (AvgIpc) is 3.06. The zero-order valence-electron chi connectivity index (χ0n) is 29.0. The Morgan fingerprint density at radius 1 is 1.06 bits per heavy atom. The number of aliphatic hydroxyl groups is 1. The number of aliphatic hydroxyl groups excluding tert-OH is 1. The summed E-state index contributed by atoms with van der Waals surface area (Å²) >= 11 is 0. The molecule has 10 heteroatoms. The van der Waals surface area contributed by atoms with Crippen LogP contribution in [0.1, 0.15) is 88.1 Å². The molecule has 4 atom stereocenters. The van der Waals surface area contributed by atoms with E-state index in [1.807, 2.05) is 26.0 Å². The van der Waals surface area contributed by atoms with Crippen molar-refractivity contribution >= 4 is 17.6 Å². The SMILES string of the molecule is COc1ccc(CN(C)C[C@@H]2OCCCC[C@H](C)Oc3ccc(NC(=O)NC4CCCCC4)cc3C(=O)N([C@@H](C)CO)C[C@H]2C)cc1. The van der Waals surface area contributed by atoms with E-state index in [1.165, 1.54) is 12.0 Å². The first-order valence-corrected chi connectivity index (χ1v) is 17.4. The number of benzene rings is 2. The third-order valence-electron chi connectivity index (χ3n) is 9.35. The summed E-state index contributed by atoms with van der Waals surface area (Å²) in [4.78, 5) is 31.2. The second kappa shape index (κ2) is 18.3. The molecule has 0 unspecified atom stereocenters. The van der Waals surface area contributed by atoms with Gasteiger partial charge in [0.25, 0.3) is 5.91 Å². The van der Waals surface area contributed by atoms with Gasteiger partial charge in [0, 0.05) is 43.9 Å². The van der Waals surface area contributed by atoms with Gasteiger partial charge in [0.1, 0.15) is 11.5 Å². The number of amides is 3. The number of hydrogen-bond donors (Lipinski definition) is 3. The molecule has 10 nitrogen and oxygen atoms in total. The molecule has 1 heterocycles. The van der Waals surface area contributed by atoms with E-state index in [2.05, 4.69) is 41.6 Å². The highest BCUT2D eigenvalue weighted by atomic mass is 16.5. The summed E-state index contributed by atoms with van der Waals surface area (Å²) in [5, 5.41) is 16.3. The summed E-state index contributed by atoms with van der Waals surface area (Å²) in [5.41, 5.74) is 2.06. The summed E-state index contributed by atoms with van der Waals surface area (Å²) in [6.07, 6.45) is 7.81. The molecule has 0 saturated heterocycles. The minimum atomic E-state index is -0.438. The Morgan fingerprint density at radius 2 is 1.79 bits per heavy atom. The number of likely N-dealkylation sites (N-methyl/N-ethyl adjacent to an activating group) is 1. The zero-order chi connectivity index (χ0) is 33.8. The lowest BCUT2D eigenvalue weighted by molar-refractivity contribution is -0.0177. The van der Waals surface area contributed by atoms with Crippen LogP contribution in [0.15, 0.2) is 42.5 Å². The topological polar surface area (TPSA) is 113 Å². The van der Waals surface area contributed by atoms with Crippen LogP contribution in [0.3, 0.4) is 0 Å². The fourth-order valence-electron chi connectivity index (χ4n) is 6.48. The van der Waals surface area contributed by atoms with Crippen LogP contribution < -0.4 is 20.1 Å². The van der Waals surface area contributed by atoms with Crippen LogP contribution in [0.5, 0.6) is 11.5 Å². The van der Waals surface area contributed by atoms with Crippen molar-refractivity contribution in [3.63, 3.8) is 0 Å². The molecule has 1 aliphatic heterocycles. The third kappa shape index (κ3) is 11.1. The Hall–Kier alpha value is -3.34. The van der Waals surface area contributed by atoms with E-state index in [0.717, 1.165) is 57.2 Å². The maximum absolute atomic E-state index is 14.4. The van der Waals surface area contributed by atoms with Gasteiger partial charge in [-0.25, -0.2) is 4.79 Å². The average molecular weight is 653 g/mol. The maximum atomic E-state index is 14.4. The lowest BCUT2D eigenvalue weighted by atomic mass is 9.96. The highest BCUT2D eigenvalue weighted by molar-refractivity contribution is 5.99. The smallest absolute Gasteiger partial charge is 0.319 e. The third-order valence-corrected chi connectivity index (χ3v) is 9.35. The number of carbonyl (C=O) groups excluding carboxylic acids is 2. The van der Waals surface area contributed by atoms with Gasteiger partial charge in [-0.2, -0.15) is 0 Å². The van der Waals surface area contributed by atoms with Crippen LogP contribution in [-0.2, 0) is 11.3 Å². The number of carbonyl (C=O) groups is 2. The van der Waals surface area contributed by atoms with Crippen molar-refractivity contribution in [3.8, 4) is 11.5 Å². The number of rotatable bonds is 9. The van der Waals surface area contributed by atoms with Crippen molar-refractivity contribution in [1.29, 1.82) is 0 Å². The summed E-state index contributed by atoms with van der Waals surface area (Å²) in [6, 6.07) is 12.8. The Balaban J connectivity index is 1.55. The lowest BCUT2D eigenvalue weighted by Gasteiger charge is -2.36. The number of anilines is 1. The molecule has 0 aromatic heterocycles.